The summed E-state index contributed by atoms with van der Waals surface area (Å²) in [6.07, 6.45) is 4.74. The summed E-state index contributed by atoms with van der Waals surface area (Å²) in [6.45, 7) is 4.67. The van der Waals surface area contributed by atoms with Crippen LogP contribution in [0.1, 0.15) is 49.9 Å². The Morgan fingerprint density at radius 2 is 1.78 bits per heavy atom. The number of rotatable bonds is 5. The third kappa shape index (κ3) is 3.90. The lowest BCUT2D eigenvalue weighted by Gasteiger charge is -2.27. The molecule has 2 aromatic carbocycles. The van der Waals surface area contributed by atoms with E-state index in [2.05, 4.69) is 19.1 Å². The molecule has 6 heteroatoms. The Bertz CT molecular complexity index is 1130. The molecule has 3 aromatic rings. The van der Waals surface area contributed by atoms with Crippen molar-refractivity contribution in [2.45, 2.75) is 51.5 Å². The number of carbonyl (C=O) groups excluding carboxylic acids is 2. The van der Waals surface area contributed by atoms with E-state index in [0.29, 0.717) is 13.0 Å². The van der Waals surface area contributed by atoms with Crippen molar-refractivity contribution in [3.63, 3.8) is 0 Å². The van der Waals surface area contributed by atoms with Gasteiger partial charge in [0.2, 0.25) is 11.8 Å². The number of hydrogen-bond donors (Lipinski definition) is 0. The number of para-hydroxylation sites is 2. The molecule has 1 atom stereocenters. The van der Waals surface area contributed by atoms with E-state index in [1.807, 2.05) is 50.8 Å². The molecule has 3 heterocycles. The highest BCUT2D eigenvalue weighted by atomic mass is 16.2. The number of benzene rings is 2. The zero-order chi connectivity index (χ0) is 22.1. The quantitative estimate of drug-likeness (QED) is 0.612. The van der Waals surface area contributed by atoms with Crippen LogP contribution in [0, 0.1) is 0 Å². The summed E-state index contributed by atoms with van der Waals surface area (Å²) in [7, 11) is 0. The van der Waals surface area contributed by atoms with Gasteiger partial charge in [-0.2, -0.15) is 0 Å². The molecule has 32 heavy (non-hydrogen) atoms. The minimum atomic E-state index is -0.0325. The number of anilines is 1. The zero-order valence-electron chi connectivity index (χ0n) is 18.7. The number of imidazole rings is 1. The molecule has 2 fully saturated rings. The molecule has 0 N–H and O–H groups in total. The molecular formula is C26H30N4O2. The minimum Gasteiger partial charge on any atom is -0.341 e. The number of nitrogens with zero attached hydrogens (tertiary/aromatic N) is 4. The van der Waals surface area contributed by atoms with Crippen LogP contribution in [0.25, 0.3) is 11.0 Å². The molecule has 0 aliphatic carbocycles. The second-order valence-corrected chi connectivity index (χ2v) is 8.91. The zero-order valence-corrected chi connectivity index (χ0v) is 18.7. The van der Waals surface area contributed by atoms with E-state index in [1.54, 1.807) is 0 Å². The van der Waals surface area contributed by atoms with Crippen molar-refractivity contribution in [2.75, 3.05) is 24.5 Å². The highest BCUT2D eigenvalue weighted by molar-refractivity contribution is 5.96. The molecule has 6 nitrogen and oxygen atoms in total. The highest BCUT2D eigenvalue weighted by Gasteiger charge is 2.35. The number of carbonyl (C=O) groups is 2. The van der Waals surface area contributed by atoms with E-state index < -0.39 is 0 Å². The molecule has 1 aromatic heterocycles. The Hall–Kier alpha value is -3.15. The van der Waals surface area contributed by atoms with Crippen molar-refractivity contribution in [3.05, 3.63) is 59.9 Å². The maximum atomic E-state index is 13.1. The second-order valence-electron chi connectivity index (χ2n) is 8.91. The minimum absolute atomic E-state index is 0.0325. The predicted octanol–water partition coefficient (Wildman–Crippen LogP) is 4.13. The number of aryl methyl sites for hydroxylation is 1. The van der Waals surface area contributed by atoms with Gasteiger partial charge in [-0.15, -0.1) is 0 Å². The fourth-order valence-electron chi connectivity index (χ4n) is 4.99. The third-order valence-electron chi connectivity index (χ3n) is 6.83. The van der Waals surface area contributed by atoms with Crippen molar-refractivity contribution in [1.82, 2.24) is 14.5 Å². The van der Waals surface area contributed by atoms with Gasteiger partial charge in [-0.3, -0.25) is 9.59 Å². The summed E-state index contributed by atoms with van der Waals surface area (Å²) in [6, 6.07) is 16.2. The van der Waals surface area contributed by atoms with Crippen LogP contribution in [0.15, 0.2) is 48.5 Å². The summed E-state index contributed by atoms with van der Waals surface area (Å²) >= 11 is 0. The van der Waals surface area contributed by atoms with E-state index in [4.69, 9.17) is 4.98 Å². The molecule has 0 bridgehead atoms. The maximum Gasteiger partial charge on any atom is 0.242 e. The standard InChI is InChI=1S/C26H30N4O2/c1-2-19-10-12-21(13-11-19)29-17-20(16-24(29)31)26-27-22-8-4-5-9-23(22)30(26)18-25(32)28-14-6-3-7-15-28/h4-5,8-13,20H,2-3,6-7,14-18H2,1H3/t20-/m1/s1. The van der Waals surface area contributed by atoms with E-state index in [1.165, 1.54) is 12.0 Å². The average Bonchev–Trinajstić information content (AvgIpc) is 3.40. The Kier molecular flexibility index (Phi) is 5.68. The summed E-state index contributed by atoms with van der Waals surface area (Å²) in [5.41, 5.74) is 4.04. The molecule has 2 aliphatic rings. The first-order valence-corrected chi connectivity index (χ1v) is 11.8. The van der Waals surface area contributed by atoms with E-state index in [0.717, 1.165) is 54.9 Å². The van der Waals surface area contributed by atoms with Gasteiger partial charge in [-0.05, 0) is 55.5 Å². The van der Waals surface area contributed by atoms with E-state index in [-0.39, 0.29) is 24.3 Å². The number of likely N-dealkylation sites (tertiary alicyclic amines) is 1. The summed E-state index contributed by atoms with van der Waals surface area (Å²) < 4.78 is 2.05. The van der Waals surface area contributed by atoms with Gasteiger partial charge in [0.1, 0.15) is 12.4 Å². The number of hydrogen-bond acceptors (Lipinski definition) is 3. The van der Waals surface area contributed by atoms with Crippen LogP contribution in [0.4, 0.5) is 5.69 Å². The van der Waals surface area contributed by atoms with Gasteiger partial charge in [0.15, 0.2) is 0 Å². The van der Waals surface area contributed by atoms with Crippen LogP contribution >= 0.6 is 0 Å². The van der Waals surface area contributed by atoms with Gasteiger partial charge in [0.05, 0.1) is 11.0 Å². The molecule has 0 radical (unpaired) electrons. The first kappa shape index (κ1) is 20.7. The van der Waals surface area contributed by atoms with Crippen molar-refractivity contribution < 1.29 is 9.59 Å². The Morgan fingerprint density at radius 3 is 2.53 bits per heavy atom. The average molecular weight is 431 g/mol. The lowest BCUT2D eigenvalue weighted by Crippen LogP contribution is -2.38. The Balaban J connectivity index is 1.43. The fraction of sp³-hybridized carbons (Fsp3) is 0.423. The predicted molar refractivity (Wildman–Crippen MR) is 126 cm³/mol. The Morgan fingerprint density at radius 1 is 1.03 bits per heavy atom. The van der Waals surface area contributed by atoms with Crippen LogP contribution in [-0.4, -0.2) is 45.9 Å². The Labute approximate surface area is 188 Å². The maximum absolute atomic E-state index is 13.1. The number of aromatic nitrogens is 2. The molecular weight excluding hydrogens is 400 g/mol. The summed E-state index contributed by atoms with van der Waals surface area (Å²) in [4.78, 5) is 34.7. The highest BCUT2D eigenvalue weighted by Crippen LogP contribution is 2.33. The SMILES string of the molecule is CCc1ccc(N2C[C@H](c3nc4ccccc4n3CC(=O)N3CCCCC3)CC2=O)cc1. The van der Waals surface area contributed by atoms with Gasteiger partial charge in [0, 0.05) is 37.7 Å². The van der Waals surface area contributed by atoms with Crippen LogP contribution in [0.2, 0.25) is 0 Å². The molecule has 0 unspecified atom stereocenters. The molecule has 2 saturated heterocycles. The monoisotopic (exact) mass is 430 g/mol. The second kappa shape index (κ2) is 8.77. The summed E-state index contributed by atoms with van der Waals surface area (Å²) in [5, 5.41) is 0. The molecule has 166 valence electrons. The van der Waals surface area contributed by atoms with Crippen LogP contribution in [0.5, 0.6) is 0 Å². The van der Waals surface area contributed by atoms with Crippen LogP contribution in [0.3, 0.4) is 0 Å². The smallest absolute Gasteiger partial charge is 0.242 e. The molecule has 0 spiro atoms. The van der Waals surface area contributed by atoms with Gasteiger partial charge >= 0.3 is 0 Å². The molecule has 5 rings (SSSR count). The molecule has 2 aliphatic heterocycles. The third-order valence-corrected chi connectivity index (χ3v) is 6.83. The van der Waals surface area contributed by atoms with Crippen molar-refractivity contribution in [2.24, 2.45) is 0 Å². The first-order valence-electron chi connectivity index (χ1n) is 11.8. The number of piperidine rings is 1. The largest absolute Gasteiger partial charge is 0.341 e. The van der Waals surface area contributed by atoms with Gasteiger partial charge in [-0.1, -0.05) is 31.2 Å². The van der Waals surface area contributed by atoms with E-state index >= 15 is 0 Å². The topological polar surface area (TPSA) is 58.4 Å². The normalized spacial score (nSPS) is 19.2. The molecule has 0 saturated carbocycles. The van der Waals surface area contributed by atoms with Crippen molar-refractivity contribution in [3.8, 4) is 0 Å². The number of fused-ring (bicyclic) bond motifs is 1. The summed E-state index contributed by atoms with van der Waals surface area (Å²) in [5.74, 6) is 1.07. The van der Waals surface area contributed by atoms with E-state index in [9.17, 15) is 9.59 Å². The van der Waals surface area contributed by atoms with Gasteiger partial charge in [-0.25, -0.2) is 4.98 Å². The van der Waals surface area contributed by atoms with Crippen molar-refractivity contribution >= 4 is 28.5 Å². The van der Waals surface area contributed by atoms with Crippen LogP contribution < -0.4 is 4.90 Å². The lowest BCUT2D eigenvalue weighted by molar-refractivity contribution is -0.132. The first-order chi connectivity index (χ1) is 15.6. The van der Waals surface area contributed by atoms with Gasteiger partial charge in [0.25, 0.3) is 0 Å². The van der Waals surface area contributed by atoms with Crippen LogP contribution in [-0.2, 0) is 22.6 Å². The van der Waals surface area contributed by atoms with Crippen molar-refractivity contribution in [1.29, 1.82) is 0 Å². The fourth-order valence-corrected chi connectivity index (χ4v) is 4.99. The number of amides is 2. The molecule has 2 amide bonds. The lowest BCUT2D eigenvalue weighted by atomic mass is 10.1. The van der Waals surface area contributed by atoms with Gasteiger partial charge < -0.3 is 14.4 Å².